The summed E-state index contributed by atoms with van der Waals surface area (Å²) in [4.78, 5) is 22.5. The highest BCUT2D eigenvalue weighted by Gasteiger charge is 2.38. The predicted molar refractivity (Wildman–Crippen MR) is 71.6 cm³/mol. The molecule has 1 aromatic rings. The van der Waals surface area contributed by atoms with Gasteiger partial charge in [0.1, 0.15) is 17.6 Å². The van der Waals surface area contributed by atoms with Crippen LogP contribution in [0.5, 0.6) is 0 Å². The summed E-state index contributed by atoms with van der Waals surface area (Å²) in [6.07, 6.45) is 3.37. The van der Waals surface area contributed by atoms with E-state index in [0.29, 0.717) is 30.4 Å². The molecule has 1 fully saturated rings. The van der Waals surface area contributed by atoms with Crippen LogP contribution in [0.2, 0.25) is 0 Å². The largest absolute Gasteiger partial charge is 0.519 e. The van der Waals surface area contributed by atoms with Gasteiger partial charge >= 0.3 is 11.8 Å². The van der Waals surface area contributed by atoms with Crippen molar-refractivity contribution in [1.29, 1.82) is 0 Å². The van der Waals surface area contributed by atoms with Gasteiger partial charge in [0.05, 0.1) is 0 Å². The van der Waals surface area contributed by atoms with E-state index in [9.17, 15) is 14.7 Å². The molecule has 0 radical (unpaired) electrons. The first-order valence-electron chi connectivity index (χ1n) is 7.08. The molecule has 2 rings (SSSR count). The molecule has 20 heavy (non-hydrogen) atoms. The molecule has 0 bridgehead atoms. The lowest BCUT2D eigenvalue weighted by Crippen LogP contribution is -2.51. The van der Waals surface area contributed by atoms with Crippen LogP contribution < -0.4 is 11.1 Å². The van der Waals surface area contributed by atoms with E-state index in [-0.39, 0.29) is 5.92 Å². The van der Waals surface area contributed by atoms with Crippen molar-refractivity contribution >= 4 is 5.97 Å². The number of carboxylic acid groups (broad SMARTS) is 1. The van der Waals surface area contributed by atoms with E-state index in [4.69, 9.17) is 8.83 Å². The van der Waals surface area contributed by atoms with Crippen LogP contribution in [0.1, 0.15) is 37.7 Å². The number of carbonyl (C=O) groups is 1. The molecule has 0 amide bonds. The zero-order valence-electron chi connectivity index (χ0n) is 11.8. The first-order chi connectivity index (χ1) is 9.52. The van der Waals surface area contributed by atoms with Gasteiger partial charge < -0.3 is 19.3 Å². The van der Waals surface area contributed by atoms with Crippen LogP contribution in [-0.4, -0.2) is 23.7 Å². The van der Waals surface area contributed by atoms with Gasteiger partial charge in [-0.25, -0.2) is 4.79 Å². The van der Waals surface area contributed by atoms with Crippen molar-refractivity contribution in [2.24, 2.45) is 11.8 Å². The van der Waals surface area contributed by atoms with E-state index in [1.807, 2.05) is 0 Å². The third kappa shape index (κ3) is 3.12. The standard InChI is InChI=1S/C14H21NO5/c1-3-4-9-5-6-15-12(13(16)17)10(9)7-11-8(2)19-14(18)20-11/h9-10,12,15H,3-7H2,1-2H3,(H,16,17). The summed E-state index contributed by atoms with van der Waals surface area (Å²) in [7, 11) is 0. The van der Waals surface area contributed by atoms with E-state index >= 15 is 0 Å². The fourth-order valence-electron chi connectivity index (χ4n) is 3.12. The Hall–Kier alpha value is -1.56. The van der Waals surface area contributed by atoms with Gasteiger partial charge in [-0.2, -0.15) is 0 Å². The van der Waals surface area contributed by atoms with Crippen LogP contribution in [0.25, 0.3) is 0 Å². The topological polar surface area (TPSA) is 92.7 Å². The van der Waals surface area contributed by atoms with Crippen LogP contribution in [0.15, 0.2) is 13.6 Å². The van der Waals surface area contributed by atoms with Gasteiger partial charge in [0.15, 0.2) is 0 Å². The van der Waals surface area contributed by atoms with Crippen molar-refractivity contribution in [1.82, 2.24) is 5.32 Å². The molecule has 0 saturated carbocycles. The number of piperidine rings is 1. The van der Waals surface area contributed by atoms with E-state index in [1.165, 1.54) is 0 Å². The van der Waals surface area contributed by atoms with Gasteiger partial charge in [0, 0.05) is 6.42 Å². The Balaban J connectivity index is 2.22. The van der Waals surface area contributed by atoms with Crippen LogP contribution in [0.4, 0.5) is 0 Å². The minimum atomic E-state index is -0.848. The van der Waals surface area contributed by atoms with Gasteiger partial charge in [-0.15, -0.1) is 0 Å². The van der Waals surface area contributed by atoms with Crippen LogP contribution in [0.3, 0.4) is 0 Å². The normalized spacial score (nSPS) is 26.6. The molecular weight excluding hydrogens is 262 g/mol. The molecule has 112 valence electrons. The molecule has 6 nitrogen and oxygen atoms in total. The molecule has 3 atom stereocenters. The van der Waals surface area contributed by atoms with E-state index in [2.05, 4.69) is 12.2 Å². The van der Waals surface area contributed by atoms with Crippen molar-refractivity contribution in [3.05, 3.63) is 22.1 Å². The van der Waals surface area contributed by atoms with Gasteiger partial charge in [-0.1, -0.05) is 19.8 Å². The van der Waals surface area contributed by atoms with Crippen molar-refractivity contribution in [2.45, 2.75) is 45.6 Å². The maximum atomic E-state index is 11.4. The SMILES string of the molecule is CCCC1CCNC(C(=O)O)C1Cc1oc(=O)oc1C. The summed E-state index contributed by atoms with van der Waals surface area (Å²) in [5.41, 5.74) is 0. The minimum Gasteiger partial charge on any atom is -0.480 e. The zero-order valence-corrected chi connectivity index (χ0v) is 11.8. The molecular formula is C14H21NO5. The first kappa shape index (κ1) is 14.8. The summed E-state index contributed by atoms with van der Waals surface area (Å²) in [5.74, 6) is -0.418. The van der Waals surface area contributed by atoms with E-state index in [1.54, 1.807) is 6.92 Å². The highest BCUT2D eigenvalue weighted by molar-refractivity contribution is 5.74. The quantitative estimate of drug-likeness (QED) is 0.852. The van der Waals surface area contributed by atoms with Crippen molar-refractivity contribution < 1.29 is 18.7 Å². The smallest absolute Gasteiger partial charge is 0.480 e. The summed E-state index contributed by atoms with van der Waals surface area (Å²) in [6.45, 7) is 4.48. The second-order valence-electron chi connectivity index (χ2n) is 5.41. The molecule has 6 heteroatoms. The molecule has 2 heterocycles. The van der Waals surface area contributed by atoms with Gasteiger partial charge in [0.25, 0.3) is 0 Å². The maximum absolute atomic E-state index is 11.4. The Morgan fingerprint density at radius 3 is 2.75 bits per heavy atom. The van der Waals surface area contributed by atoms with Gasteiger partial charge in [-0.3, -0.25) is 4.79 Å². The van der Waals surface area contributed by atoms with E-state index < -0.39 is 17.8 Å². The Labute approximate surface area is 117 Å². The summed E-state index contributed by atoms with van der Waals surface area (Å²) in [6, 6.07) is -0.597. The lowest BCUT2D eigenvalue weighted by Gasteiger charge is -2.36. The number of hydrogen-bond acceptors (Lipinski definition) is 5. The highest BCUT2D eigenvalue weighted by Crippen LogP contribution is 2.31. The Bertz CT molecular complexity index is 516. The van der Waals surface area contributed by atoms with E-state index in [0.717, 1.165) is 19.3 Å². The molecule has 1 aliphatic rings. The highest BCUT2D eigenvalue weighted by atomic mass is 16.6. The number of aryl methyl sites for hydroxylation is 1. The Kier molecular flexibility index (Phi) is 4.65. The number of aliphatic carboxylic acids is 1. The number of rotatable bonds is 5. The van der Waals surface area contributed by atoms with Crippen molar-refractivity contribution in [3.63, 3.8) is 0 Å². The molecule has 2 N–H and O–H groups in total. The average Bonchev–Trinajstić information content (AvgIpc) is 2.70. The molecule has 0 aromatic carbocycles. The fourth-order valence-corrected chi connectivity index (χ4v) is 3.12. The Morgan fingerprint density at radius 1 is 1.45 bits per heavy atom. The first-order valence-corrected chi connectivity index (χ1v) is 7.08. The van der Waals surface area contributed by atoms with Crippen LogP contribution in [0, 0.1) is 18.8 Å². The third-order valence-corrected chi connectivity index (χ3v) is 4.10. The zero-order chi connectivity index (χ0) is 14.7. The second kappa shape index (κ2) is 6.26. The lowest BCUT2D eigenvalue weighted by molar-refractivity contribution is -0.142. The molecule has 0 spiro atoms. The molecule has 0 aliphatic carbocycles. The summed E-state index contributed by atoms with van der Waals surface area (Å²) in [5, 5.41) is 12.4. The summed E-state index contributed by atoms with van der Waals surface area (Å²) >= 11 is 0. The molecule has 1 aliphatic heterocycles. The monoisotopic (exact) mass is 283 g/mol. The second-order valence-corrected chi connectivity index (χ2v) is 5.41. The summed E-state index contributed by atoms with van der Waals surface area (Å²) < 4.78 is 9.89. The maximum Gasteiger partial charge on any atom is 0.519 e. The van der Waals surface area contributed by atoms with Crippen LogP contribution in [-0.2, 0) is 11.2 Å². The van der Waals surface area contributed by atoms with Crippen LogP contribution >= 0.6 is 0 Å². The molecule has 1 aromatic heterocycles. The van der Waals surface area contributed by atoms with Crippen molar-refractivity contribution in [2.75, 3.05) is 6.54 Å². The van der Waals surface area contributed by atoms with Gasteiger partial charge in [-0.05, 0) is 31.7 Å². The van der Waals surface area contributed by atoms with Gasteiger partial charge in [0.2, 0.25) is 0 Å². The lowest BCUT2D eigenvalue weighted by atomic mass is 9.76. The molecule has 3 unspecified atom stereocenters. The average molecular weight is 283 g/mol. The minimum absolute atomic E-state index is 0.0827. The number of nitrogens with one attached hydrogen (secondary N) is 1. The van der Waals surface area contributed by atoms with Crippen molar-refractivity contribution in [3.8, 4) is 0 Å². The fraction of sp³-hybridized carbons (Fsp3) is 0.714. The number of carboxylic acids is 1. The molecule has 1 saturated heterocycles. The predicted octanol–water partition coefficient (Wildman–Crippen LogP) is 1.56. The Morgan fingerprint density at radius 2 is 2.20 bits per heavy atom. The third-order valence-electron chi connectivity index (χ3n) is 4.10. The number of hydrogen-bond donors (Lipinski definition) is 2.